The molecule has 2 amide bonds. The summed E-state index contributed by atoms with van der Waals surface area (Å²) in [6.07, 6.45) is 1.85. The summed E-state index contributed by atoms with van der Waals surface area (Å²) in [5, 5.41) is 2.87. The van der Waals surface area contributed by atoms with Crippen LogP contribution in [0.3, 0.4) is 0 Å². The van der Waals surface area contributed by atoms with E-state index in [1.54, 1.807) is 41.3 Å². The maximum Gasteiger partial charge on any atom is 0.265 e. The SMILES string of the molecule is O=C(Nc1ccccc1N1CCCC1=O)c1ccc(Cl)c(S(=O)(=O)N2CCc3ccccc32)c1. The largest absolute Gasteiger partial charge is 0.320 e. The average molecular weight is 496 g/mol. The highest BCUT2D eigenvalue weighted by atomic mass is 35.5. The first-order valence-electron chi connectivity index (χ1n) is 11.0. The van der Waals surface area contributed by atoms with E-state index in [4.69, 9.17) is 11.6 Å². The van der Waals surface area contributed by atoms with Gasteiger partial charge in [0.25, 0.3) is 15.9 Å². The Balaban J connectivity index is 1.45. The molecule has 9 heteroatoms. The number of sulfonamides is 1. The lowest BCUT2D eigenvalue weighted by molar-refractivity contribution is -0.117. The zero-order valence-electron chi connectivity index (χ0n) is 18.2. The number of carbonyl (C=O) groups excluding carboxylic acids is 2. The standard InChI is InChI=1S/C25H22ClN3O4S/c26-19-12-11-18(16-23(19)34(32,33)29-15-13-17-6-1-3-8-21(17)29)25(31)27-20-7-2-4-9-22(20)28-14-5-10-24(28)30/h1-4,6-9,11-12,16H,5,10,13-15H2,(H,27,31). The Bertz CT molecular complexity index is 1410. The molecule has 0 spiro atoms. The molecule has 3 aromatic rings. The van der Waals surface area contributed by atoms with Crippen molar-refractivity contribution in [3.05, 3.63) is 82.9 Å². The second-order valence-electron chi connectivity index (χ2n) is 8.22. The first-order chi connectivity index (χ1) is 16.4. The average Bonchev–Trinajstić information content (AvgIpc) is 3.46. The Morgan fingerprint density at radius 1 is 0.912 bits per heavy atom. The van der Waals surface area contributed by atoms with Gasteiger partial charge >= 0.3 is 0 Å². The summed E-state index contributed by atoms with van der Waals surface area (Å²) in [4.78, 5) is 26.9. The first kappa shape index (κ1) is 22.4. The van der Waals surface area contributed by atoms with Crippen molar-refractivity contribution in [3.8, 4) is 0 Å². The van der Waals surface area contributed by atoms with E-state index in [-0.39, 0.29) is 21.4 Å². The van der Waals surface area contributed by atoms with E-state index in [1.165, 1.54) is 22.5 Å². The number of nitrogens with one attached hydrogen (secondary N) is 1. The number of para-hydroxylation sites is 3. The van der Waals surface area contributed by atoms with Gasteiger partial charge in [-0.2, -0.15) is 0 Å². The summed E-state index contributed by atoms with van der Waals surface area (Å²) in [7, 11) is -3.97. The highest BCUT2D eigenvalue weighted by Gasteiger charge is 2.33. The van der Waals surface area contributed by atoms with Crippen molar-refractivity contribution in [1.82, 2.24) is 0 Å². The number of carbonyl (C=O) groups is 2. The van der Waals surface area contributed by atoms with Crippen molar-refractivity contribution in [2.45, 2.75) is 24.2 Å². The van der Waals surface area contributed by atoms with Crippen LogP contribution < -0.4 is 14.5 Å². The summed E-state index contributed by atoms with van der Waals surface area (Å²) in [5.41, 5.74) is 2.82. The molecule has 0 radical (unpaired) electrons. The number of rotatable bonds is 5. The third-order valence-electron chi connectivity index (χ3n) is 6.12. The van der Waals surface area contributed by atoms with Gasteiger partial charge in [0.2, 0.25) is 5.91 Å². The molecule has 0 atom stereocenters. The zero-order chi connectivity index (χ0) is 23.9. The van der Waals surface area contributed by atoms with E-state index in [9.17, 15) is 18.0 Å². The molecule has 1 fully saturated rings. The number of hydrogen-bond acceptors (Lipinski definition) is 4. The molecule has 0 aromatic heterocycles. The first-order valence-corrected chi connectivity index (χ1v) is 12.8. The number of nitrogens with zero attached hydrogens (tertiary/aromatic N) is 2. The number of amides is 2. The zero-order valence-corrected chi connectivity index (χ0v) is 19.8. The second kappa shape index (κ2) is 8.77. The number of benzene rings is 3. The minimum Gasteiger partial charge on any atom is -0.320 e. The van der Waals surface area contributed by atoms with E-state index in [2.05, 4.69) is 5.32 Å². The van der Waals surface area contributed by atoms with Crippen molar-refractivity contribution < 1.29 is 18.0 Å². The van der Waals surface area contributed by atoms with E-state index in [0.29, 0.717) is 43.0 Å². The molecule has 0 saturated carbocycles. The Labute approximate surface area is 203 Å². The van der Waals surface area contributed by atoms with Gasteiger partial charge in [0.05, 0.1) is 22.1 Å². The quantitative estimate of drug-likeness (QED) is 0.565. The van der Waals surface area contributed by atoms with Crippen LogP contribution in [-0.2, 0) is 21.2 Å². The molecule has 2 aliphatic rings. The minimum absolute atomic E-state index is 0.00691. The number of hydrogen-bond donors (Lipinski definition) is 1. The molecule has 7 nitrogen and oxygen atoms in total. The summed E-state index contributed by atoms with van der Waals surface area (Å²) >= 11 is 6.30. The van der Waals surface area contributed by atoms with Crippen LogP contribution in [0.5, 0.6) is 0 Å². The van der Waals surface area contributed by atoms with Gasteiger partial charge in [-0.15, -0.1) is 0 Å². The third-order valence-corrected chi connectivity index (χ3v) is 8.42. The molecule has 0 aliphatic carbocycles. The van der Waals surface area contributed by atoms with Crippen LogP contribution in [0.2, 0.25) is 5.02 Å². The minimum atomic E-state index is -3.97. The normalized spacial score (nSPS) is 15.5. The molecular formula is C25H22ClN3O4S. The maximum absolute atomic E-state index is 13.5. The topological polar surface area (TPSA) is 86.8 Å². The summed E-state index contributed by atoms with van der Waals surface area (Å²) < 4.78 is 28.3. The van der Waals surface area contributed by atoms with E-state index >= 15 is 0 Å². The van der Waals surface area contributed by atoms with Crippen LogP contribution in [0.4, 0.5) is 17.1 Å². The lowest BCUT2D eigenvalue weighted by Crippen LogP contribution is -2.29. The van der Waals surface area contributed by atoms with Crippen LogP contribution >= 0.6 is 11.6 Å². The van der Waals surface area contributed by atoms with E-state index in [1.807, 2.05) is 12.1 Å². The van der Waals surface area contributed by atoms with E-state index < -0.39 is 15.9 Å². The predicted molar refractivity (Wildman–Crippen MR) is 132 cm³/mol. The number of fused-ring (bicyclic) bond motifs is 1. The Hall–Kier alpha value is -3.36. The van der Waals surface area contributed by atoms with Crippen LogP contribution in [0.25, 0.3) is 0 Å². The summed E-state index contributed by atoms with van der Waals surface area (Å²) in [6.45, 7) is 0.901. The van der Waals surface area contributed by atoms with Crippen LogP contribution in [0, 0.1) is 0 Å². The highest BCUT2D eigenvalue weighted by Crippen LogP contribution is 2.35. The summed E-state index contributed by atoms with van der Waals surface area (Å²) in [6, 6.07) is 18.6. The van der Waals surface area contributed by atoms with Gasteiger partial charge in [-0.05, 0) is 54.8 Å². The van der Waals surface area contributed by atoms with Gasteiger partial charge in [0, 0.05) is 25.1 Å². The van der Waals surface area contributed by atoms with Gasteiger partial charge in [-0.25, -0.2) is 8.42 Å². The van der Waals surface area contributed by atoms with Crippen molar-refractivity contribution in [3.63, 3.8) is 0 Å². The fourth-order valence-corrected chi connectivity index (χ4v) is 6.44. The Kier molecular flexibility index (Phi) is 5.79. The van der Waals surface area contributed by atoms with Crippen molar-refractivity contribution >= 4 is 50.5 Å². The van der Waals surface area contributed by atoms with Crippen molar-refractivity contribution in [2.75, 3.05) is 27.6 Å². The van der Waals surface area contributed by atoms with Gasteiger partial charge in [0.1, 0.15) is 4.90 Å². The van der Waals surface area contributed by atoms with Gasteiger partial charge in [-0.3, -0.25) is 13.9 Å². The Morgan fingerprint density at radius 3 is 2.41 bits per heavy atom. The highest BCUT2D eigenvalue weighted by molar-refractivity contribution is 7.93. The van der Waals surface area contributed by atoms with Crippen LogP contribution in [-0.4, -0.2) is 33.3 Å². The second-order valence-corrected chi connectivity index (χ2v) is 10.5. The smallest absolute Gasteiger partial charge is 0.265 e. The molecule has 2 heterocycles. The Morgan fingerprint density at radius 2 is 1.65 bits per heavy atom. The third kappa shape index (κ3) is 3.93. The molecule has 1 N–H and O–H groups in total. The molecule has 34 heavy (non-hydrogen) atoms. The van der Waals surface area contributed by atoms with Gasteiger partial charge < -0.3 is 10.2 Å². The fourth-order valence-electron chi connectivity index (χ4n) is 4.43. The predicted octanol–water partition coefficient (Wildman–Crippen LogP) is 4.47. The number of halogens is 1. The molecule has 0 bridgehead atoms. The molecule has 5 rings (SSSR count). The lowest BCUT2D eigenvalue weighted by Gasteiger charge is -2.21. The monoisotopic (exact) mass is 495 g/mol. The van der Waals surface area contributed by atoms with Crippen LogP contribution in [0.1, 0.15) is 28.8 Å². The van der Waals surface area contributed by atoms with Gasteiger partial charge in [-0.1, -0.05) is 41.9 Å². The van der Waals surface area contributed by atoms with Crippen molar-refractivity contribution in [1.29, 1.82) is 0 Å². The fraction of sp³-hybridized carbons (Fsp3) is 0.200. The summed E-state index contributed by atoms with van der Waals surface area (Å²) in [5.74, 6) is -0.485. The van der Waals surface area contributed by atoms with Gasteiger partial charge in [0.15, 0.2) is 0 Å². The molecule has 0 unspecified atom stereocenters. The molecular weight excluding hydrogens is 474 g/mol. The number of anilines is 3. The van der Waals surface area contributed by atoms with Crippen LogP contribution in [0.15, 0.2) is 71.6 Å². The maximum atomic E-state index is 13.5. The lowest BCUT2D eigenvalue weighted by atomic mass is 10.2. The molecule has 174 valence electrons. The molecule has 3 aromatic carbocycles. The molecule has 1 saturated heterocycles. The van der Waals surface area contributed by atoms with E-state index in [0.717, 1.165) is 12.0 Å². The van der Waals surface area contributed by atoms with Crippen molar-refractivity contribution in [2.24, 2.45) is 0 Å². The molecule has 2 aliphatic heterocycles.